The Morgan fingerprint density at radius 3 is 1.82 bits per heavy atom. The molecule has 19 atom stereocenters. The van der Waals surface area contributed by atoms with E-state index in [0.717, 1.165) is 0 Å². The first-order valence-corrected chi connectivity index (χ1v) is 22.7. The van der Waals surface area contributed by atoms with Gasteiger partial charge in [-0.2, -0.15) is 0 Å². The summed E-state index contributed by atoms with van der Waals surface area (Å²) in [5.41, 5.74) is 6.05. The lowest BCUT2D eigenvalue weighted by atomic mass is 9.82. The van der Waals surface area contributed by atoms with E-state index in [1.54, 1.807) is 75.5 Å². The summed E-state index contributed by atoms with van der Waals surface area (Å²) in [5, 5.41) is 108. The summed E-state index contributed by atoms with van der Waals surface area (Å²) >= 11 is 0. The van der Waals surface area contributed by atoms with E-state index < -0.39 is 141 Å². The smallest absolute Gasteiger partial charge is 0.311 e. The molecule has 3 heterocycles. The molecule has 0 spiro atoms. The molecule has 0 amide bonds. The molecule has 0 saturated carbocycles. The summed E-state index contributed by atoms with van der Waals surface area (Å²) in [7, 11) is 1.25. The van der Waals surface area contributed by atoms with Crippen LogP contribution in [0.3, 0.4) is 0 Å². The van der Waals surface area contributed by atoms with Gasteiger partial charge in [0.25, 0.3) is 0 Å². The fraction of sp³-hybridized carbons (Fsp3) is 0.667. The molecule has 3 rings (SSSR count). The van der Waals surface area contributed by atoms with Gasteiger partial charge in [0.2, 0.25) is 0 Å². The third kappa shape index (κ3) is 18.2. The van der Waals surface area contributed by atoms with Crippen LogP contribution in [0, 0.1) is 17.8 Å². The number of carbonyl (C=O) groups is 2. The maximum absolute atomic E-state index is 12.6. The average molecular weight is 938 g/mol. The number of ether oxygens (including phenoxy) is 5. The molecular weight excluding hydrogens is 863 g/mol. The lowest BCUT2D eigenvalue weighted by molar-refractivity contribution is -0.317. The third-order valence-electron chi connectivity index (χ3n) is 12.4. The van der Waals surface area contributed by atoms with Crippen LogP contribution >= 0.6 is 0 Å². The number of fused-ring (bicyclic) bond motifs is 2. The monoisotopic (exact) mass is 938 g/mol. The molecule has 18 nitrogen and oxygen atoms in total. The second-order valence-electron chi connectivity index (χ2n) is 17.7. The molecule has 8 unspecified atom stereocenters. The second kappa shape index (κ2) is 28.1. The van der Waals surface area contributed by atoms with Crippen molar-refractivity contribution in [3.8, 4) is 0 Å². The Morgan fingerprint density at radius 2 is 1.24 bits per heavy atom. The zero-order valence-corrected chi connectivity index (χ0v) is 38.5. The van der Waals surface area contributed by atoms with Crippen molar-refractivity contribution >= 4 is 11.9 Å². The summed E-state index contributed by atoms with van der Waals surface area (Å²) < 4.78 is 29.3. The maximum atomic E-state index is 12.6. The van der Waals surface area contributed by atoms with Crippen molar-refractivity contribution in [2.24, 2.45) is 23.5 Å². The molecular formula is C48H75NO17. The van der Waals surface area contributed by atoms with E-state index in [1.165, 1.54) is 7.11 Å². The largest absolute Gasteiger partial charge is 0.481 e. The average Bonchev–Trinajstić information content (AvgIpc) is 3.24. The van der Waals surface area contributed by atoms with Crippen molar-refractivity contribution in [3.63, 3.8) is 0 Å². The molecule has 3 aliphatic heterocycles. The number of allylic oxidation sites excluding steroid dienone is 12. The van der Waals surface area contributed by atoms with Gasteiger partial charge in [-0.3, -0.25) is 9.59 Å². The number of esters is 1. The number of methoxy groups -OCH3 is 1. The number of rotatable bonds is 4. The van der Waals surface area contributed by atoms with Crippen LogP contribution in [0.1, 0.15) is 79.1 Å². The normalized spacial score (nSPS) is 45.0. The molecule has 66 heavy (non-hydrogen) atoms. The van der Waals surface area contributed by atoms with Crippen LogP contribution in [0.2, 0.25) is 0 Å². The Morgan fingerprint density at radius 1 is 0.667 bits per heavy atom. The summed E-state index contributed by atoms with van der Waals surface area (Å²) in [4.78, 5) is 25.2. The van der Waals surface area contributed by atoms with Crippen LogP contribution < -0.4 is 5.73 Å². The predicted molar refractivity (Wildman–Crippen MR) is 242 cm³/mol. The Hall–Kier alpha value is -3.44. The van der Waals surface area contributed by atoms with Crippen LogP contribution in [0.25, 0.3) is 0 Å². The molecule has 2 saturated heterocycles. The number of cyclic esters (lactones) is 1. The van der Waals surface area contributed by atoms with Crippen LogP contribution in [-0.4, -0.2) is 168 Å². The van der Waals surface area contributed by atoms with Gasteiger partial charge in [0.15, 0.2) is 12.1 Å². The standard InChI is InChI=1S/C48H75NO17/c1-28-18-16-14-12-10-8-6-7-9-11-13-15-17-19-35(65-47-45(59)42(49)44(58)31(4)64-47)25-39-41(46(60)61)38(55)27-48(62-5,66-39)26-34(52)23-37(54)36(53)21-20-32(50)22-33(51)24-40(56)63-30(3)29(2)43(28)57/h6-19,28-39,41-45,47,50-55,57-59H,20-27,49H2,1-5H3,(H,60,61)/b7-6+,10-8+,11-9+,14-12+,15-13+,18-16+,19-17+/t28-,29-,30-,31+,32?,33?,34?,35?,36?,37?,38-,39-,41+,42-,43+,44+,45+,47?,48?/m0/s1. The van der Waals surface area contributed by atoms with Gasteiger partial charge in [0, 0.05) is 44.6 Å². The fourth-order valence-electron chi connectivity index (χ4n) is 8.16. The molecule has 0 aliphatic carbocycles. The highest BCUT2D eigenvalue weighted by atomic mass is 16.7. The lowest BCUT2D eigenvalue weighted by Gasteiger charge is -2.47. The molecule has 3 aliphatic rings. The summed E-state index contributed by atoms with van der Waals surface area (Å²) in [5.74, 6) is -6.12. The maximum Gasteiger partial charge on any atom is 0.311 e. The highest BCUT2D eigenvalue weighted by Gasteiger charge is 2.52. The van der Waals surface area contributed by atoms with E-state index in [-0.39, 0.29) is 38.0 Å². The van der Waals surface area contributed by atoms with E-state index >= 15 is 0 Å². The van der Waals surface area contributed by atoms with E-state index in [4.69, 9.17) is 29.4 Å². The Balaban J connectivity index is 1.89. The molecule has 0 aromatic carbocycles. The minimum absolute atomic E-state index is 0.0813. The summed E-state index contributed by atoms with van der Waals surface area (Å²) in [6, 6.07) is -1.13. The number of aliphatic hydroxyl groups excluding tert-OH is 9. The molecule has 12 N–H and O–H groups in total. The molecule has 0 aromatic heterocycles. The van der Waals surface area contributed by atoms with Gasteiger partial charge in [-0.15, -0.1) is 0 Å². The van der Waals surface area contributed by atoms with Crippen molar-refractivity contribution in [1.82, 2.24) is 0 Å². The predicted octanol–water partition coefficient (Wildman–Crippen LogP) is 1.37. The van der Waals surface area contributed by atoms with Gasteiger partial charge in [0.05, 0.1) is 79.6 Å². The zero-order chi connectivity index (χ0) is 49.1. The number of nitrogens with two attached hydrogens (primary N) is 1. The molecule has 374 valence electrons. The first-order valence-electron chi connectivity index (χ1n) is 22.7. The minimum Gasteiger partial charge on any atom is -0.481 e. The first kappa shape index (κ1) is 56.9. The number of hydrogen-bond donors (Lipinski definition) is 11. The SMILES string of the molecule is COC12CC(O)CC(O)C(O)CCC(O)CC(O)CC(=O)O[C@@H](C)[C@H](C)[C@H](O)[C@@H](C)/C=C/C=C/C=C/C=C/C=C/C=C/C=C/C(OC3O[C@H](C)[C@@H](O)[C@H](N)[C@H]3O)C[C@H](O1)[C@H](C(=O)O)[C@@H](O)C2. The Labute approximate surface area is 387 Å². The van der Waals surface area contributed by atoms with Crippen molar-refractivity contribution < 1.29 is 84.3 Å². The van der Waals surface area contributed by atoms with E-state index in [1.807, 2.05) is 37.3 Å². The van der Waals surface area contributed by atoms with E-state index in [0.29, 0.717) is 0 Å². The number of hydrogen-bond acceptors (Lipinski definition) is 17. The van der Waals surface area contributed by atoms with Gasteiger partial charge in [0.1, 0.15) is 18.1 Å². The highest BCUT2D eigenvalue weighted by Crippen LogP contribution is 2.40. The highest BCUT2D eigenvalue weighted by molar-refractivity contribution is 5.71. The van der Waals surface area contributed by atoms with E-state index in [2.05, 4.69) is 0 Å². The number of carboxylic acid groups (broad SMARTS) is 1. The molecule has 0 aromatic rings. The zero-order valence-electron chi connectivity index (χ0n) is 38.5. The molecule has 2 bridgehead atoms. The lowest BCUT2D eigenvalue weighted by Crippen LogP contribution is -2.61. The number of aliphatic carboxylic acids is 1. The van der Waals surface area contributed by atoms with Crippen molar-refractivity contribution in [2.45, 2.75) is 177 Å². The quantitative estimate of drug-likeness (QED) is 0.177. The topological polar surface area (TPSA) is 309 Å². The van der Waals surface area contributed by atoms with Gasteiger partial charge < -0.3 is 80.5 Å². The Bertz CT molecular complexity index is 1680. The molecule has 2 fully saturated rings. The van der Waals surface area contributed by atoms with Gasteiger partial charge in [-0.05, 0) is 33.1 Å². The van der Waals surface area contributed by atoms with Crippen molar-refractivity contribution in [2.75, 3.05) is 7.11 Å². The van der Waals surface area contributed by atoms with E-state index in [9.17, 15) is 60.7 Å². The molecule has 18 heteroatoms. The van der Waals surface area contributed by atoms with Crippen LogP contribution in [0.15, 0.2) is 85.1 Å². The second-order valence-corrected chi connectivity index (χ2v) is 17.7. The Kier molecular flexibility index (Phi) is 24.3. The van der Waals surface area contributed by atoms with Crippen LogP contribution in [0.5, 0.6) is 0 Å². The van der Waals surface area contributed by atoms with Crippen LogP contribution in [0.4, 0.5) is 0 Å². The van der Waals surface area contributed by atoms with Crippen LogP contribution in [-0.2, 0) is 33.3 Å². The van der Waals surface area contributed by atoms with Gasteiger partial charge >= 0.3 is 11.9 Å². The number of carbonyl (C=O) groups excluding carboxylic acids is 1. The third-order valence-corrected chi connectivity index (χ3v) is 12.4. The molecule has 0 radical (unpaired) electrons. The van der Waals surface area contributed by atoms with Gasteiger partial charge in [-0.25, -0.2) is 0 Å². The minimum atomic E-state index is -1.78. The summed E-state index contributed by atoms with van der Waals surface area (Å²) in [6.45, 7) is 6.79. The van der Waals surface area contributed by atoms with Crippen molar-refractivity contribution in [1.29, 1.82) is 0 Å². The number of carboxylic acids is 1. The van der Waals surface area contributed by atoms with Crippen molar-refractivity contribution in [3.05, 3.63) is 85.1 Å². The fourth-order valence-corrected chi connectivity index (χ4v) is 8.16. The number of aliphatic hydroxyl groups is 9. The summed E-state index contributed by atoms with van der Waals surface area (Å²) in [6.07, 6.45) is 5.15. The van der Waals surface area contributed by atoms with Gasteiger partial charge in [-0.1, -0.05) is 98.9 Å². The first-order chi connectivity index (χ1) is 31.2.